The van der Waals surface area contributed by atoms with E-state index in [1.54, 1.807) is 12.1 Å². The van der Waals surface area contributed by atoms with Crippen molar-refractivity contribution in [2.75, 3.05) is 13.2 Å². The van der Waals surface area contributed by atoms with Gasteiger partial charge in [-0.2, -0.15) is 0 Å². The van der Waals surface area contributed by atoms with Crippen LogP contribution in [0.3, 0.4) is 0 Å². The van der Waals surface area contributed by atoms with Crippen molar-refractivity contribution in [3.8, 4) is 0 Å². The Labute approximate surface area is 204 Å². The number of unbranched alkanes of at least 4 members (excludes halogenated alkanes) is 12. The van der Waals surface area contributed by atoms with Gasteiger partial charge < -0.3 is 14.2 Å². The molecule has 0 saturated carbocycles. The highest BCUT2D eigenvalue weighted by molar-refractivity contribution is 5.70. The summed E-state index contributed by atoms with van der Waals surface area (Å²) in [6, 6.07) is 6.11. The van der Waals surface area contributed by atoms with Crippen molar-refractivity contribution in [2.24, 2.45) is 0 Å². The number of nitrogens with zero attached hydrogens (tertiary/aromatic N) is 1. The molecule has 1 heterocycles. The van der Waals surface area contributed by atoms with Crippen molar-refractivity contribution in [1.29, 1.82) is 0 Å². The summed E-state index contributed by atoms with van der Waals surface area (Å²) in [4.78, 5) is 22.8. The zero-order valence-corrected chi connectivity index (χ0v) is 20.9. The first-order valence-electron chi connectivity index (χ1n) is 13.2. The summed E-state index contributed by atoms with van der Waals surface area (Å²) in [6.07, 6.45) is 17.5. The lowest BCUT2D eigenvalue weighted by molar-refractivity contribution is -0.384. The Morgan fingerprint density at radius 1 is 0.941 bits per heavy atom. The highest BCUT2D eigenvalue weighted by atomic mass is 16.7. The Hall–Kier alpha value is -1.99. The van der Waals surface area contributed by atoms with Crippen LogP contribution < -0.4 is 0 Å². The molecule has 1 fully saturated rings. The normalized spacial score (nSPS) is 14.9. The molecule has 1 aromatic carbocycles. The highest BCUT2D eigenvalue weighted by Crippen LogP contribution is 2.30. The highest BCUT2D eigenvalue weighted by Gasteiger charge is 2.38. The van der Waals surface area contributed by atoms with Crippen LogP contribution in [-0.2, 0) is 25.6 Å². The van der Waals surface area contributed by atoms with Gasteiger partial charge in [-0.15, -0.1) is 0 Å². The summed E-state index contributed by atoms with van der Waals surface area (Å²) in [6.45, 7) is 3.22. The molecule has 34 heavy (non-hydrogen) atoms. The van der Waals surface area contributed by atoms with Crippen molar-refractivity contribution in [1.82, 2.24) is 0 Å². The molecule has 0 N–H and O–H groups in total. The molecule has 0 radical (unpaired) electrons. The molecule has 0 unspecified atom stereocenters. The van der Waals surface area contributed by atoms with Crippen molar-refractivity contribution in [3.63, 3.8) is 0 Å². The molecule has 0 aliphatic carbocycles. The molecular formula is C27H43NO6. The second-order valence-electron chi connectivity index (χ2n) is 9.36. The predicted molar refractivity (Wildman–Crippen MR) is 132 cm³/mol. The van der Waals surface area contributed by atoms with Crippen molar-refractivity contribution in [2.45, 2.75) is 116 Å². The second-order valence-corrected chi connectivity index (χ2v) is 9.36. The van der Waals surface area contributed by atoms with Crippen LogP contribution in [0, 0.1) is 10.1 Å². The van der Waals surface area contributed by atoms with Crippen molar-refractivity contribution < 1.29 is 23.9 Å². The number of non-ortho nitro benzene ring substituents is 1. The Bertz CT molecular complexity index is 717. The van der Waals surface area contributed by atoms with Gasteiger partial charge in [0.1, 0.15) is 6.61 Å². The summed E-state index contributed by atoms with van der Waals surface area (Å²) < 4.78 is 17.0. The van der Waals surface area contributed by atoms with Crippen LogP contribution in [0.15, 0.2) is 24.3 Å². The molecule has 0 bridgehead atoms. The maximum absolute atomic E-state index is 12.4. The molecule has 1 aromatic rings. The number of esters is 1. The molecule has 0 spiro atoms. The van der Waals surface area contributed by atoms with E-state index in [4.69, 9.17) is 14.2 Å². The SMILES string of the molecule is CCCCCCCCCCCCCCCC1(CC(=O)OCc2cccc([N+](=O)[O-])c2)OCCO1. The minimum atomic E-state index is -0.891. The Morgan fingerprint density at radius 3 is 2.06 bits per heavy atom. The molecule has 192 valence electrons. The van der Waals surface area contributed by atoms with Gasteiger partial charge in [0.2, 0.25) is 0 Å². The van der Waals surface area contributed by atoms with Crippen LogP contribution in [0.4, 0.5) is 5.69 Å². The monoisotopic (exact) mass is 477 g/mol. The number of carbonyl (C=O) groups excluding carboxylic acids is 1. The molecule has 2 rings (SSSR count). The fourth-order valence-corrected chi connectivity index (χ4v) is 4.44. The standard InChI is InChI=1S/C27H43NO6/c1-2-3-4-5-6-7-8-9-10-11-12-13-14-18-27(33-19-20-34-27)22-26(29)32-23-24-16-15-17-25(21-24)28(30)31/h15-17,21H,2-14,18-20,22-23H2,1H3. The minimum absolute atomic E-state index is 0.00463. The van der Waals surface area contributed by atoms with Crippen LogP contribution in [0.1, 0.15) is 109 Å². The van der Waals surface area contributed by atoms with E-state index in [-0.39, 0.29) is 18.7 Å². The van der Waals surface area contributed by atoms with Gasteiger partial charge in [0.05, 0.1) is 24.6 Å². The summed E-state index contributed by atoms with van der Waals surface area (Å²) in [7, 11) is 0. The quantitative estimate of drug-likeness (QED) is 0.0902. The van der Waals surface area contributed by atoms with E-state index < -0.39 is 16.7 Å². The predicted octanol–water partition coefficient (Wildman–Crippen LogP) is 7.25. The molecule has 1 saturated heterocycles. The number of benzene rings is 1. The van der Waals surface area contributed by atoms with E-state index in [1.807, 2.05) is 0 Å². The third kappa shape index (κ3) is 11.4. The third-order valence-electron chi connectivity index (χ3n) is 6.41. The number of nitro benzene ring substituents is 1. The second kappa shape index (κ2) is 16.6. The number of hydrogen-bond acceptors (Lipinski definition) is 6. The largest absolute Gasteiger partial charge is 0.461 e. The Morgan fingerprint density at radius 2 is 1.50 bits per heavy atom. The van der Waals surface area contributed by atoms with Crippen LogP contribution in [0.25, 0.3) is 0 Å². The van der Waals surface area contributed by atoms with E-state index in [2.05, 4.69) is 6.92 Å². The fourth-order valence-electron chi connectivity index (χ4n) is 4.44. The van der Waals surface area contributed by atoms with E-state index in [0.717, 1.165) is 12.8 Å². The zero-order valence-electron chi connectivity index (χ0n) is 20.9. The summed E-state index contributed by atoms with van der Waals surface area (Å²) in [5.74, 6) is -1.31. The van der Waals surface area contributed by atoms with Crippen LogP contribution in [0.2, 0.25) is 0 Å². The Kier molecular flexibility index (Phi) is 13.8. The molecule has 0 aromatic heterocycles. The van der Waals surface area contributed by atoms with Gasteiger partial charge in [-0.3, -0.25) is 14.9 Å². The molecule has 1 aliphatic rings. The summed E-state index contributed by atoms with van der Waals surface area (Å²) in [5.41, 5.74) is 0.566. The van der Waals surface area contributed by atoms with E-state index in [0.29, 0.717) is 25.2 Å². The fraction of sp³-hybridized carbons (Fsp3) is 0.741. The van der Waals surface area contributed by atoms with Gasteiger partial charge in [0, 0.05) is 18.6 Å². The molecule has 0 atom stereocenters. The Balaban J connectivity index is 1.57. The molecule has 1 aliphatic heterocycles. The number of hydrogen-bond donors (Lipinski definition) is 0. The molecular weight excluding hydrogens is 434 g/mol. The van der Waals surface area contributed by atoms with Gasteiger partial charge in [-0.05, 0) is 12.0 Å². The van der Waals surface area contributed by atoms with Crippen LogP contribution >= 0.6 is 0 Å². The average Bonchev–Trinajstić information content (AvgIpc) is 3.29. The number of ether oxygens (including phenoxy) is 3. The maximum Gasteiger partial charge on any atom is 0.311 e. The number of nitro groups is 1. The molecule has 7 nitrogen and oxygen atoms in total. The van der Waals surface area contributed by atoms with E-state index in [9.17, 15) is 14.9 Å². The minimum Gasteiger partial charge on any atom is -0.461 e. The van der Waals surface area contributed by atoms with Gasteiger partial charge in [-0.25, -0.2) is 0 Å². The average molecular weight is 478 g/mol. The van der Waals surface area contributed by atoms with Crippen molar-refractivity contribution in [3.05, 3.63) is 39.9 Å². The third-order valence-corrected chi connectivity index (χ3v) is 6.41. The van der Waals surface area contributed by atoms with Gasteiger partial charge in [-0.1, -0.05) is 96.1 Å². The van der Waals surface area contributed by atoms with Crippen molar-refractivity contribution >= 4 is 11.7 Å². The first-order chi connectivity index (χ1) is 16.5. The van der Waals surface area contributed by atoms with Gasteiger partial charge in [0.15, 0.2) is 5.79 Å². The summed E-state index contributed by atoms with van der Waals surface area (Å²) in [5, 5.41) is 10.9. The lowest BCUT2D eigenvalue weighted by Crippen LogP contribution is -2.33. The molecule has 0 amide bonds. The lowest BCUT2D eigenvalue weighted by atomic mass is 10.0. The van der Waals surface area contributed by atoms with Crippen LogP contribution in [-0.4, -0.2) is 29.9 Å². The smallest absolute Gasteiger partial charge is 0.311 e. The molecule has 7 heteroatoms. The maximum atomic E-state index is 12.4. The van der Waals surface area contributed by atoms with Gasteiger partial charge >= 0.3 is 5.97 Å². The lowest BCUT2D eigenvalue weighted by Gasteiger charge is -2.26. The van der Waals surface area contributed by atoms with Gasteiger partial charge in [0.25, 0.3) is 5.69 Å². The summed E-state index contributed by atoms with van der Waals surface area (Å²) >= 11 is 0. The number of carbonyl (C=O) groups is 1. The van der Waals surface area contributed by atoms with Crippen LogP contribution in [0.5, 0.6) is 0 Å². The first-order valence-corrected chi connectivity index (χ1v) is 13.2. The zero-order chi connectivity index (χ0) is 24.5. The topological polar surface area (TPSA) is 87.9 Å². The van der Waals surface area contributed by atoms with E-state index in [1.165, 1.54) is 82.8 Å². The van der Waals surface area contributed by atoms with E-state index >= 15 is 0 Å². The first kappa shape index (κ1) is 28.2. The number of rotatable bonds is 19.